The number of rotatable bonds is 1. The molecule has 1 aliphatic rings. The summed E-state index contributed by atoms with van der Waals surface area (Å²) in [5, 5.41) is 1.10. The molecule has 1 aromatic rings. The van der Waals surface area contributed by atoms with Crippen LogP contribution in [0.25, 0.3) is 0 Å². The molecular weight excluding hydrogens is 258 g/mol. The summed E-state index contributed by atoms with van der Waals surface area (Å²) < 4.78 is 21.1. The Morgan fingerprint density at radius 2 is 1.93 bits per heavy atom. The molecule has 0 aliphatic carbocycles. The lowest BCUT2D eigenvalue weighted by Gasteiger charge is -2.22. The van der Waals surface area contributed by atoms with Crippen molar-refractivity contribution in [2.24, 2.45) is 0 Å². The zero-order valence-electron chi connectivity index (χ0n) is 7.70. The summed E-state index contributed by atoms with van der Waals surface area (Å²) >= 11 is 11.7. The van der Waals surface area contributed by atoms with Crippen LogP contribution in [0.1, 0.15) is 18.1 Å². The molecule has 0 N–H and O–H groups in total. The second kappa shape index (κ2) is 4.86. The highest BCUT2D eigenvalue weighted by Gasteiger charge is 2.21. The van der Waals surface area contributed by atoms with Gasteiger partial charge in [-0.2, -0.15) is 0 Å². The Morgan fingerprint density at radius 1 is 1.27 bits per heavy atom. The van der Waals surface area contributed by atoms with Crippen molar-refractivity contribution in [3.8, 4) is 0 Å². The average molecular weight is 267 g/mol. The van der Waals surface area contributed by atoms with E-state index in [9.17, 15) is 4.57 Å². The molecule has 2 rings (SSSR count). The molecule has 1 fully saturated rings. The van der Waals surface area contributed by atoms with Gasteiger partial charge in [-0.15, -0.1) is 0 Å². The smallest absolute Gasteiger partial charge is 0.311 e. The van der Waals surface area contributed by atoms with Gasteiger partial charge in [-0.25, -0.2) is 0 Å². The highest BCUT2D eigenvalue weighted by Crippen LogP contribution is 2.40. The van der Waals surface area contributed by atoms with Gasteiger partial charge < -0.3 is 9.05 Å². The zero-order valence-corrected chi connectivity index (χ0v) is 10.2. The minimum absolute atomic E-state index is 0.235. The quantitative estimate of drug-likeness (QED) is 0.724. The molecule has 1 saturated heterocycles. The van der Waals surface area contributed by atoms with E-state index in [1.54, 1.807) is 18.2 Å². The summed E-state index contributed by atoms with van der Waals surface area (Å²) in [4.78, 5) is 0. The van der Waals surface area contributed by atoms with Gasteiger partial charge in [-0.05, 0) is 23.8 Å². The van der Waals surface area contributed by atoms with Crippen LogP contribution in [0.4, 0.5) is 0 Å². The average Bonchev–Trinajstić information content (AvgIpc) is 2.16. The summed E-state index contributed by atoms with van der Waals surface area (Å²) in [6, 6.07) is 5.17. The van der Waals surface area contributed by atoms with E-state index >= 15 is 0 Å². The Hall–Kier alpha value is -0.0500. The van der Waals surface area contributed by atoms with Crippen LogP contribution in [0.2, 0.25) is 10.0 Å². The fourth-order valence-corrected chi connectivity index (χ4v) is 2.84. The van der Waals surface area contributed by atoms with Gasteiger partial charge >= 0.3 is 8.25 Å². The third-order valence-corrected chi connectivity index (χ3v) is 3.45. The van der Waals surface area contributed by atoms with Crippen LogP contribution in [0, 0.1) is 0 Å². The van der Waals surface area contributed by atoms with E-state index in [-0.39, 0.29) is 6.10 Å². The Bertz CT molecular complexity index is 377. The van der Waals surface area contributed by atoms with Gasteiger partial charge in [0.05, 0.1) is 12.7 Å². The molecule has 0 aromatic heterocycles. The van der Waals surface area contributed by atoms with Crippen molar-refractivity contribution in [2.75, 3.05) is 6.61 Å². The molecule has 15 heavy (non-hydrogen) atoms. The molecule has 3 nitrogen and oxygen atoms in total. The van der Waals surface area contributed by atoms with Crippen LogP contribution in [0.5, 0.6) is 0 Å². The molecule has 6 heteroatoms. The second-order valence-corrected chi connectivity index (χ2v) is 5.09. The van der Waals surface area contributed by atoms with Gasteiger partial charge in [0.1, 0.15) is 0 Å². The maximum atomic E-state index is 11.1. The fourth-order valence-electron chi connectivity index (χ4n) is 1.45. The topological polar surface area (TPSA) is 35.5 Å². The van der Waals surface area contributed by atoms with Gasteiger partial charge in [0, 0.05) is 16.5 Å². The van der Waals surface area contributed by atoms with Crippen LogP contribution in [-0.4, -0.2) is 6.61 Å². The van der Waals surface area contributed by atoms with Crippen LogP contribution >= 0.6 is 31.5 Å². The molecule has 0 saturated carbocycles. The normalized spacial score (nSPS) is 26.5. The Morgan fingerprint density at radius 3 is 2.53 bits per heavy atom. The predicted molar refractivity (Wildman–Crippen MR) is 59.9 cm³/mol. The molecule has 0 radical (unpaired) electrons. The molecule has 1 heterocycles. The van der Waals surface area contributed by atoms with Crippen LogP contribution in [-0.2, 0) is 13.6 Å². The van der Waals surface area contributed by atoms with E-state index < -0.39 is 8.25 Å². The van der Waals surface area contributed by atoms with Crippen molar-refractivity contribution >= 4 is 31.5 Å². The Kier molecular flexibility index (Phi) is 3.70. The lowest BCUT2D eigenvalue weighted by Crippen LogP contribution is -2.09. The fraction of sp³-hybridized carbons (Fsp3) is 0.333. The van der Waals surface area contributed by atoms with E-state index in [4.69, 9.17) is 32.2 Å². The summed E-state index contributed by atoms with van der Waals surface area (Å²) in [6.07, 6.45) is 0.425. The number of hydrogen-bond donors (Lipinski definition) is 0. The summed E-state index contributed by atoms with van der Waals surface area (Å²) in [6.45, 7) is 0.437. The molecular formula is C9H9Cl2O3P. The maximum Gasteiger partial charge on any atom is 0.319 e. The molecule has 0 bridgehead atoms. The molecule has 2 atom stereocenters. The van der Waals surface area contributed by atoms with Gasteiger partial charge in [0.15, 0.2) is 0 Å². The number of halogens is 2. The first kappa shape index (κ1) is 11.4. The highest BCUT2D eigenvalue weighted by molar-refractivity contribution is 7.33. The van der Waals surface area contributed by atoms with Gasteiger partial charge in [-0.1, -0.05) is 23.2 Å². The van der Waals surface area contributed by atoms with Crippen molar-refractivity contribution in [3.05, 3.63) is 33.8 Å². The number of hydrogen-bond acceptors (Lipinski definition) is 3. The summed E-state index contributed by atoms with van der Waals surface area (Å²) in [5.74, 6) is 0. The summed E-state index contributed by atoms with van der Waals surface area (Å²) in [5.41, 5.74) is 0.842. The van der Waals surface area contributed by atoms with Gasteiger partial charge in [0.25, 0.3) is 0 Å². The first-order valence-electron chi connectivity index (χ1n) is 4.44. The van der Waals surface area contributed by atoms with Crippen LogP contribution < -0.4 is 0 Å². The van der Waals surface area contributed by atoms with E-state index in [1.165, 1.54) is 0 Å². The molecule has 1 aromatic carbocycles. The third kappa shape index (κ3) is 2.96. The van der Waals surface area contributed by atoms with Crippen molar-refractivity contribution < 1.29 is 13.6 Å². The van der Waals surface area contributed by atoms with Gasteiger partial charge in [-0.3, -0.25) is 4.57 Å². The van der Waals surface area contributed by atoms with Crippen LogP contribution in [0.15, 0.2) is 18.2 Å². The lowest BCUT2D eigenvalue weighted by atomic mass is 10.1. The first-order valence-corrected chi connectivity index (χ1v) is 6.42. The monoisotopic (exact) mass is 266 g/mol. The van der Waals surface area contributed by atoms with Crippen molar-refractivity contribution in [2.45, 2.75) is 12.5 Å². The van der Waals surface area contributed by atoms with Crippen molar-refractivity contribution in [1.29, 1.82) is 0 Å². The largest absolute Gasteiger partial charge is 0.319 e. The minimum atomic E-state index is -2.35. The predicted octanol–water partition coefficient (Wildman–Crippen LogP) is 3.86. The van der Waals surface area contributed by atoms with E-state index in [2.05, 4.69) is 0 Å². The van der Waals surface area contributed by atoms with Gasteiger partial charge in [0.2, 0.25) is 0 Å². The van der Waals surface area contributed by atoms with E-state index in [0.29, 0.717) is 23.1 Å². The minimum Gasteiger partial charge on any atom is -0.311 e. The zero-order chi connectivity index (χ0) is 10.8. The molecule has 82 valence electrons. The molecule has 1 unspecified atom stereocenters. The number of benzene rings is 1. The van der Waals surface area contributed by atoms with Crippen LogP contribution in [0.3, 0.4) is 0 Å². The molecule has 1 aliphatic heterocycles. The van der Waals surface area contributed by atoms with Crippen molar-refractivity contribution in [1.82, 2.24) is 0 Å². The molecule has 0 amide bonds. The highest BCUT2D eigenvalue weighted by atomic mass is 35.5. The van der Waals surface area contributed by atoms with Crippen molar-refractivity contribution in [3.63, 3.8) is 0 Å². The Labute approximate surface area is 98.2 Å². The first-order chi connectivity index (χ1) is 7.15. The SMILES string of the molecule is O=[PH]1OCC[C@@H](c2cc(Cl)cc(Cl)c2)O1. The van der Waals surface area contributed by atoms with E-state index in [1.807, 2.05) is 0 Å². The third-order valence-electron chi connectivity index (χ3n) is 2.10. The maximum absolute atomic E-state index is 11.1. The molecule has 0 spiro atoms. The lowest BCUT2D eigenvalue weighted by molar-refractivity contribution is 0.0968. The Balaban J connectivity index is 2.24. The summed E-state index contributed by atoms with van der Waals surface area (Å²) in [7, 11) is -2.35. The second-order valence-electron chi connectivity index (χ2n) is 3.20. The van der Waals surface area contributed by atoms with E-state index in [0.717, 1.165) is 5.56 Å². The standard InChI is InChI=1S/C9H9Cl2O3P/c10-7-3-6(4-8(11)5-7)9-1-2-13-15(12)14-9/h3-5,9,15H,1-2H2/t9-/m0/s1.